The van der Waals surface area contributed by atoms with E-state index in [4.69, 9.17) is 14.7 Å². The molecule has 1 unspecified atom stereocenters. The Morgan fingerprint density at radius 3 is 2.76 bits per heavy atom. The number of aromatic nitrogens is 2. The molecule has 3 aliphatic heterocycles. The van der Waals surface area contributed by atoms with Crippen LogP contribution < -0.4 is 9.64 Å². The van der Waals surface area contributed by atoms with E-state index in [1.807, 2.05) is 4.90 Å². The number of nitriles is 1. The molecule has 9 nitrogen and oxygen atoms in total. The number of ether oxygens (including phenoxy) is 1. The van der Waals surface area contributed by atoms with Crippen LogP contribution in [-0.2, 0) is 24.3 Å². The van der Waals surface area contributed by atoms with Crippen molar-refractivity contribution >= 4 is 11.7 Å². The molecule has 1 aromatic carbocycles. The van der Waals surface area contributed by atoms with Gasteiger partial charge in [0.1, 0.15) is 12.4 Å². The molecule has 3 aliphatic carbocycles. The van der Waals surface area contributed by atoms with Gasteiger partial charge in [0.2, 0.25) is 5.91 Å². The van der Waals surface area contributed by atoms with Crippen molar-refractivity contribution in [1.29, 1.82) is 5.26 Å². The highest BCUT2D eigenvalue weighted by Crippen LogP contribution is 2.76. The van der Waals surface area contributed by atoms with Crippen LogP contribution in [0.4, 0.5) is 5.82 Å². The first-order valence-corrected chi connectivity index (χ1v) is 15.5. The second-order valence-electron chi connectivity index (χ2n) is 13.2. The zero-order chi connectivity index (χ0) is 27.7. The topological polar surface area (TPSA) is 88.8 Å². The number of hydrogen-bond donors (Lipinski definition) is 0. The van der Waals surface area contributed by atoms with Crippen LogP contribution in [0.2, 0.25) is 0 Å². The first-order chi connectivity index (χ1) is 20.0. The summed E-state index contributed by atoms with van der Waals surface area (Å²) in [6, 6.07) is 12.3. The SMILES string of the molecule is CN1CCC[C@H]1COc1nc2c(c(N3CCN(C(=O)C45CC4C5)[C@@H](CC#N)C3)n1)CN(C1CCc3ccccc31)C2. The van der Waals surface area contributed by atoms with E-state index in [-0.39, 0.29) is 17.4 Å². The number of benzene rings is 1. The summed E-state index contributed by atoms with van der Waals surface area (Å²) < 4.78 is 6.30. The number of amides is 1. The second-order valence-corrected chi connectivity index (χ2v) is 13.2. The zero-order valence-corrected chi connectivity index (χ0v) is 24.0. The van der Waals surface area contributed by atoms with Gasteiger partial charge in [-0.05, 0) is 69.2 Å². The van der Waals surface area contributed by atoms with E-state index in [1.165, 1.54) is 23.1 Å². The van der Waals surface area contributed by atoms with Gasteiger partial charge in [0.25, 0.3) is 0 Å². The fourth-order valence-corrected chi connectivity index (χ4v) is 7.99. The molecule has 8 rings (SSSR count). The summed E-state index contributed by atoms with van der Waals surface area (Å²) in [5, 5.41) is 9.67. The third-order valence-corrected chi connectivity index (χ3v) is 10.9. The van der Waals surface area contributed by atoms with Gasteiger partial charge in [-0.25, -0.2) is 0 Å². The van der Waals surface area contributed by atoms with Gasteiger partial charge in [-0.1, -0.05) is 24.3 Å². The highest BCUT2D eigenvalue weighted by atomic mass is 16.5. The molecule has 0 radical (unpaired) electrons. The molecule has 3 atom stereocenters. The van der Waals surface area contributed by atoms with Gasteiger partial charge in [-0.2, -0.15) is 15.2 Å². The Kier molecular flexibility index (Phi) is 6.01. The van der Waals surface area contributed by atoms with E-state index in [9.17, 15) is 10.1 Å². The highest BCUT2D eigenvalue weighted by Gasteiger charge is 2.75. The molecule has 2 aromatic rings. The number of nitrogens with zero attached hydrogens (tertiary/aromatic N) is 7. The van der Waals surface area contributed by atoms with Gasteiger partial charge in [0, 0.05) is 50.4 Å². The standard InChI is InChI=1S/C32H39N7O2/c1-36-12-4-6-24(36)20-41-31-34-27-19-38(28-9-8-21-5-2-3-7-25(21)28)18-26(27)29(35-31)37-13-14-39(23(17-37)10-11-33)30(40)32-15-22(32)16-32/h2-3,5,7,22-24,28H,4,6,8-10,12-20H2,1H3/t22?,23-,24-,28?,32?/m0/s1. The summed E-state index contributed by atoms with van der Waals surface area (Å²) in [4.78, 5) is 32.6. The van der Waals surface area contributed by atoms with Crippen LogP contribution in [0.1, 0.15) is 67.0 Å². The molecule has 1 aromatic heterocycles. The molecule has 0 bridgehead atoms. The van der Waals surface area contributed by atoms with Gasteiger partial charge >= 0.3 is 6.01 Å². The van der Waals surface area contributed by atoms with Gasteiger partial charge in [-0.15, -0.1) is 0 Å². The number of hydrogen-bond acceptors (Lipinski definition) is 8. The van der Waals surface area contributed by atoms with Gasteiger partial charge < -0.3 is 19.4 Å². The van der Waals surface area contributed by atoms with E-state index in [0.29, 0.717) is 50.1 Å². The number of likely N-dealkylation sites (N-methyl/N-ethyl adjacent to an activating group) is 1. The number of likely N-dealkylation sites (tertiary alicyclic amines) is 1. The first-order valence-electron chi connectivity index (χ1n) is 15.5. The average molecular weight is 554 g/mol. The minimum Gasteiger partial charge on any atom is -0.462 e. The molecule has 41 heavy (non-hydrogen) atoms. The van der Waals surface area contributed by atoms with E-state index in [1.54, 1.807) is 0 Å². The van der Waals surface area contributed by atoms with Crippen molar-refractivity contribution in [3.63, 3.8) is 0 Å². The third kappa shape index (κ3) is 4.29. The minimum absolute atomic E-state index is 0.0709. The number of piperazine rings is 1. The molecule has 0 N–H and O–H groups in total. The van der Waals surface area contributed by atoms with Crippen LogP contribution in [0.15, 0.2) is 24.3 Å². The summed E-state index contributed by atoms with van der Waals surface area (Å²) in [7, 11) is 2.16. The largest absolute Gasteiger partial charge is 0.462 e. The molecular formula is C32H39N7O2. The van der Waals surface area contributed by atoms with Crippen LogP contribution in [-0.4, -0.2) is 82.5 Å². The van der Waals surface area contributed by atoms with E-state index >= 15 is 0 Å². The van der Waals surface area contributed by atoms with Crippen molar-refractivity contribution in [1.82, 2.24) is 24.7 Å². The third-order valence-electron chi connectivity index (χ3n) is 10.9. The predicted octanol–water partition coefficient (Wildman–Crippen LogP) is 3.29. The van der Waals surface area contributed by atoms with Gasteiger partial charge in [0.15, 0.2) is 0 Å². The summed E-state index contributed by atoms with van der Waals surface area (Å²) in [6.45, 7) is 5.27. The fraction of sp³-hybridized carbons (Fsp3) is 0.625. The Hall–Kier alpha value is -3.22. The Bertz CT molecular complexity index is 1420. The van der Waals surface area contributed by atoms with Crippen molar-refractivity contribution in [2.24, 2.45) is 11.3 Å². The molecule has 1 amide bonds. The number of aryl methyl sites for hydroxylation is 1. The van der Waals surface area contributed by atoms with Crippen molar-refractivity contribution in [2.75, 3.05) is 44.7 Å². The van der Waals surface area contributed by atoms with E-state index in [2.05, 4.69) is 52.1 Å². The monoisotopic (exact) mass is 553 g/mol. The van der Waals surface area contributed by atoms with Crippen LogP contribution in [0.5, 0.6) is 6.01 Å². The highest BCUT2D eigenvalue weighted by molar-refractivity contribution is 5.90. The zero-order valence-electron chi connectivity index (χ0n) is 24.0. The summed E-state index contributed by atoms with van der Waals surface area (Å²) in [5.41, 5.74) is 5.06. The molecule has 0 spiro atoms. The number of anilines is 1. The summed E-state index contributed by atoms with van der Waals surface area (Å²) >= 11 is 0. The van der Waals surface area contributed by atoms with Gasteiger partial charge in [-0.3, -0.25) is 9.69 Å². The van der Waals surface area contributed by atoms with Crippen molar-refractivity contribution in [2.45, 2.75) is 76.2 Å². The summed E-state index contributed by atoms with van der Waals surface area (Å²) in [5.74, 6) is 1.82. The van der Waals surface area contributed by atoms with Crippen molar-refractivity contribution in [3.8, 4) is 12.1 Å². The Morgan fingerprint density at radius 1 is 1.12 bits per heavy atom. The molecule has 9 heteroatoms. The van der Waals surface area contributed by atoms with Crippen molar-refractivity contribution in [3.05, 3.63) is 46.6 Å². The molecule has 4 heterocycles. The lowest BCUT2D eigenvalue weighted by Crippen LogP contribution is -2.56. The maximum atomic E-state index is 13.4. The molecule has 6 aliphatic rings. The number of carbonyl (C=O) groups is 1. The maximum absolute atomic E-state index is 13.4. The molecule has 2 saturated heterocycles. The average Bonchev–Trinajstić information content (AvgIpc) is 3.60. The quantitative estimate of drug-likeness (QED) is 0.516. The molecule has 2 saturated carbocycles. The lowest BCUT2D eigenvalue weighted by molar-refractivity contribution is -0.137. The second kappa shape index (κ2) is 9.67. The molecule has 4 fully saturated rings. The lowest BCUT2D eigenvalue weighted by Gasteiger charge is -2.42. The number of fused-ring (bicyclic) bond motifs is 3. The predicted molar refractivity (Wildman–Crippen MR) is 153 cm³/mol. The van der Waals surface area contributed by atoms with Crippen LogP contribution in [0.3, 0.4) is 0 Å². The lowest BCUT2D eigenvalue weighted by atomic mass is 10.0. The Labute approximate surface area is 242 Å². The molecular weight excluding hydrogens is 514 g/mol. The minimum atomic E-state index is -0.112. The first kappa shape index (κ1) is 25.5. The Morgan fingerprint density at radius 2 is 1.98 bits per heavy atom. The van der Waals surface area contributed by atoms with Crippen LogP contribution in [0, 0.1) is 22.7 Å². The smallest absolute Gasteiger partial charge is 0.318 e. The van der Waals surface area contributed by atoms with Crippen LogP contribution in [0.25, 0.3) is 0 Å². The normalized spacial score (nSPS) is 31.9. The number of rotatable bonds is 7. The van der Waals surface area contributed by atoms with E-state index < -0.39 is 0 Å². The van der Waals surface area contributed by atoms with Crippen LogP contribution >= 0.6 is 0 Å². The van der Waals surface area contributed by atoms with Gasteiger partial charge in [0.05, 0.1) is 29.6 Å². The van der Waals surface area contributed by atoms with E-state index in [0.717, 1.165) is 69.8 Å². The molecule has 214 valence electrons. The maximum Gasteiger partial charge on any atom is 0.318 e. The number of carbonyl (C=O) groups excluding carboxylic acids is 1. The van der Waals surface area contributed by atoms with Crippen molar-refractivity contribution < 1.29 is 9.53 Å². The fourth-order valence-electron chi connectivity index (χ4n) is 7.99. The summed E-state index contributed by atoms with van der Waals surface area (Å²) in [6.07, 6.45) is 7.01. The Balaban J connectivity index is 1.07.